The first-order valence-electron chi connectivity index (χ1n) is 19.1. The smallest absolute Gasteiger partial charge is 0.300 e. The fourth-order valence-corrected chi connectivity index (χ4v) is 55.7. The molecule has 0 bridgehead atoms. The largest absolute Gasteiger partial charge is 0.439 e. The summed E-state index contributed by atoms with van der Waals surface area (Å²) < 4.78 is 98.8. The van der Waals surface area contributed by atoms with Gasteiger partial charge in [-0.2, -0.15) is 0 Å². The molecule has 0 aliphatic heterocycles. The van der Waals surface area contributed by atoms with Crippen LogP contribution in [0.3, 0.4) is 0 Å². The van der Waals surface area contributed by atoms with Gasteiger partial charge >= 0.3 is 0 Å². The summed E-state index contributed by atoms with van der Waals surface area (Å²) in [5.74, 6) is 0. The summed E-state index contributed by atoms with van der Waals surface area (Å²) in [7, 11) is -31.3. The average Bonchev–Trinajstić information content (AvgIpc) is 2.88. The Morgan fingerprint density at radius 2 is 0.278 bits per heavy atom. The second-order valence-electron chi connectivity index (χ2n) is 14.9. The lowest BCUT2D eigenvalue weighted by atomic mass is 11.8. The fraction of sp³-hybridized carbons (Fsp3) is 1.00. The molecule has 0 aromatic carbocycles. The predicted molar refractivity (Wildman–Crippen MR) is 259 cm³/mol. The molecular formula is C21H78O16Si17. The van der Waals surface area contributed by atoms with Crippen molar-refractivity contribution in [2.24, 2.45) is 0 Å². The maximum atomic E-state index is 6.23. The SMILES string of the molecule is C[SiH](O[SiH](C)O[SiH](C)O[SiH](C)O[SiH](C)O[SiH](C)O[SiH](C)O[SiH](C)O[Si](C)(C)C)O[SiH](C)O[SiH](C)O[SiH](C)O[SiH](C)O[SiH](C)O[SiH](C)O[SiH](C)O[Si](C)(C)C. The molecule has 0 saturated heterocycles. The molecule has 0 heterocycles. The summed E-state index contributed by atoms with van der Waals surface area (Å²) in [5.41, 5.74) is 0. The predicted octanol–water partition coefficient (Wildman–Crippen LogP) is 0.676. The molecule has 0 spiro atoms. The van der Waals surface area contributed by atoms with Gasteiger partial charge in [-0.05, 0) is 137 Å². The maximum Gasteiger partial charge on any atom is 0.300 e. The monoisotopic (exact) mass is 1060 g/mol. The highest BCUT2D eigenvalue weighted by molar-refractivity contribution is 6.79. The van der Waals surface area contributed by atoms with Gasteiger partial charge in [0.2, 0.25) is 0 Å². The molecule has 0 saturated carbocycles. The van der Waals surface area contributed by atoms with E-state index in [2.05, 4.69) is 52.4 Å². The topological polar surface area (TPSA) is 148 Å². The van der Waals surface area contributed by atoms with Crippen LogP contribution in [0.1, 0.15) is 0 Å². The molecule has 0 amide bonds. The van der Waals surface area contributed by atoms with E-state index in [9.17, 15) is 0 Å². The number of rotatable bonds is 32. The molecule has 326 valence electrons. The van der Waals surface area contributed by atoms with Crippen molar-refractivity contribution in [2.45, 2.75) is 137 Å². The van der Waals surface area contributed by atoms with E-state index in [-0.39, 0.29) is 0 Å². The maximum absolute atomic E-state index is 6.23. The Balaban J connectivity index is 4.40. The second kappa shape index (κ2) is 29.4. The number of hydrogen-bond acceptors (Lipinski definition) is 16. The summed E-state index contributed by atoms with van der Waals surface area (Å²) in [6.45, 7) is 43.5. The molecule has 14 atom stereocenters. The standard InChI is InChI=1S/C21H78O16Si17/c1-38(22-39(2)24-41(4)26-43(6)28-45(8)30-47(10)32-49(12)34-51(14)36-53(16,17)18)23-40(3)25-42(5)27-44(7)29-46(9)31-48(11)33-50(13)35-52(15)37-54(19,20)21/h38-52H,1-21H3. The van der Waals surface area contributed by atoms with E-state index in [0.717, 1.165) is 0 Å². The van der Waals surface area contributed by atoms with Gasteiger partial charge in [-0.25, -0.2) is 0 Å². The molecule has 0 aromatic rings. The molecule has 14 unspecified atom stereocenters. The zero-order valence-corrected chi connectivity index (χ0v) is 56.5. The van der Waals surface area contributed by atoms with E-state index in [4.69, 9.17) is 65.8 Å². The highest BCUT2D eigenvalue weighted by Gasteiger charge is 2.29. The molecule has 16 nitrogen and oxygen atoms in total. The van der Waals surface area contributed by atoms with Crippen LogP contribution >= 0.6 is 0 Å². The lowest BCUT2D eigenvalue weighted by molar-refractivity contribution is 0.305. The highest BCUT2D eigenvalue weighted by atomic mass is 28.5. The van der Waals surface area contributed by atoms with Crippen molar-refractivity contribution >= 4 is 156 Å². The van der Waals surface area contributed by atoms with E-state index in [1.807, 2.05) is 85.1 Å². The van der Waals surface area contributed by atoms with Crippen LogP contribution in [0.15, 0.2) is 0 Å². The lowest BCUT2D eigenvalue weighted by Crippen LogP contribution is -2.44. The molecule has 33 heteroatoms. The Labute approximate surface area is 356 Å². The summed E-state index contributed by atoms with van der Waals surface area (Å²) in [5, 5.41) is 0. The van der Waals surface area contributed by atoms with Crippen molar-refractivity contribution in [1.29, 1.82) is 0 Å². The Bertz CT molecular complexity index is 898. The van der Waals surface area contributed by atoms with E-state index in [1.165, 1.54) is 0 Å². The molecular weight excluding hydrogens is 986 g/mol. The van der Waals surface area contributed by atoms with Gasteiger partial charge < -0.3 is 65.8 Å². The lowest BCUT2D eigenvalue weighted by Gasteiger charge is -2.28. The van der Waals surface area contributed by atoms with Crippen LogP contribution in [-0.4, -0.2) is 156 Å². The van der Waals surface area contributed by atoms with Gasteiger partial charge in [0.15, 0.2) is 16.6 Å². The fourth-order valence-electron chi connectivity index (χ4n) is 5.25. The van der Waals surface area contributed by atoms with Gasteiger partial charge in [-0.3, -0.25) is 0 Å². The van der Waals surface area contributed by atoms with Crippen molar-refractivity contribution < 1.29 is 65.8 Å². The van der Waals surface area contributed by atoms with Crippen LogP contribution < -0.4 is 0 Å². The summed E-state index contributed by atoms with van der Waals surface area (Å²) in [6.07, 6.45) is 0. The minimum atomic E-state index is -1.95. The Morgan fingerprint density at radius 1 is 0.185 bits per heavy atom. The van der Waals surface area contributed by atoms with Crippen LogP contribution in [-0.2, 0) is 65.8 Å². The first-order chi connectivity index (χ1) is 24.6. The zero-order valence-electron chi connectivity index (χ0n) is 37.2. The van der Waals surface area contributed by atoms with E-state index < -0.39 is 156 Å². The molecule has 0 aliphatic carbocycles. The van der Waals surface area contributed by atoms with Crippen molar-refractivity contribution in [3.63, 3.8) is 0 Å². The van der Waals surface area contributed by atoms with Gasteiger partial charge in [-0.15, -0.1) is 0 Å². The van der Waals surface area contributed by atoms with Gasteiger partial charge in [0.1, 0.15) is 0 Å². The second-order valence-corrected chi connectivity index (χ2v) is 57.5. The molecule has 0 N–H and O–H groups in total. The summed E-state index contributed by atoms with van der Waals surface area (Å²) in [4.78, 5) is 0. The normalized spacial score (nSPS) is 21.5. The zero-order chi connectivity index (χ0) is 42.0. The third-order valence-corrected chi connectivity index (χ3v) is 57.6. The Kier molecular flexibility index (Phi) is 31.0. The van der Waals surface area contributed by atoms with Gasteiger partial charge in [0.25, 0.3) is 139 Å². The third kappa shape index (κ3) is 33.7. The van der Waals surface area contributed by atoms with Crippen LogP contribution in [0, 0.1) is 0 Å². The number of hydrogen-bond donors (Lipinski definition) is 0. The van der Waals surface area contributed by atoms with Crippen LogP contribution in [0.4, 0.5) is 0 Å². The minimum Gasteiger partial charge on any atom is -0.439 e. The first-order valence-corrected chi connectivity index (χ1v) is 57.4. The third-order valence-electron chi connectivity index (χ3n) is 6.40. The molecule has 0 aromatic heterocycles. The van der Waals surface area contributed by atoms with E-state index in [1.54, 1.807) is 0 Å². The molecule has 0 aliphatic rings. The van der Waals surface area contributed by atoms with Crippen molar-refractivity contribution in [1.82, 2.24) is 0 Å². The average molecular weight is 1060 g/mol. The van der Waals surface area contributed by atoms with Gasteiger partial charge in [0.05, 0.1) is 0 Å². The van der Waals surface area contributed by atoms with Crippen molar-refractivity contribution in [3.05, 3.63) is 0 Å². The Hall–Kier alpha value is 3.05. The van der Waals surface area contributed by atoms with Crippen LogP contribution in [0.2, 0.25) is 137 Å². The molecule has 0 rings (SSSR count). The highest BCUT2D eigenvalue weighted by Crippen LogP contribution is 2.11. The first kappa shape index (κ1) is 57.0. The minimum absolute atomic E-state index is 1.61. The Morgan fingerprint density at radius 3 is 0.370 bits per heavy atom. The van der Waals surface area contributed by atoms with Crippen molar-refractivity contribution in [3.8, 4) is 0 Å². The van der Waals surface area contributed by atoms with Crippen LogP contribution in [0.5, 0.6) is 0 Å². The van der Waals surface area contributed by atoms with Crippen LogP contribution in [0.25, 0.3) is 0 Å². The van der Waals surface area contributed by atoms with Gasteiger partial charge in [0, 0.05) is 0 Å². The van der Waals surface area contributed by atoms with Crippen molar-refractivity contribution in [2.75, 3.05) is 0 Å². The summed E-state index contributed by atoms with van der Waals surface area (Å²) in [6, 6.07) is 0. The molecule has 0 radical (unpaired) electrons. The summed E-state index contributed by atoms with van der Waals surface area (Å²) >= 11 is 0. The molecule has 54 heavy (non-hydrogen) atoms. The van der Waals surface area contributed by atoms with E-state index in [0.29, 0.717) is 0 Å². The van der Waals surface area contributed by atoms with Gasteiger partial charge in [-0.1, -0.05) is 0 Å². The molecule has 0 fully saturated rings. The van der Waals surface area contributed by atoms with E-state index >= 15 is 0 Å². The quantitative estimate of drug-likeness (QED) is 0.0870.